The number of halogens is 3. The predicted octanol–water partition coefficient (Wildman–Crippen LogP) is 3.86. The second kappa shape index (κ2) is 8.70. The van der Waals surface area contributed by atoms with E-state index < -0.39 is 11.3 Å². The molecule has 3 heterocycles. The van der Waals surface area contributed by atoms with Crippen LogP contribution in [-0.4, -0.2) is 38.5 Å². The summed E-state index contributed by atoms with van der Waals surface area (Å²) < 4.78 is 58.6. The maximum Gasteiger partial charge on any atom is 0.573 e. The van der Waals surface area contributed by atoms with Gasteiger partial charge in [0.2, 0.25) is 5.88 Å². The molecule has 1 aromatic carbocycles. The Labute approximate surface area is 178 Å². The summed E-state index contributed by atoms with van der Waals surface area (Å²) in [5.41, 5.74) is 0.744. The first-order valence-corrected chi connectivity index (χ1v) is 9.20. The zero-order valence-corrected chi connectivity index (χ0v) is 16.2. The Morgan fingerprint density at radius 2 is 1.94 bits per heavy atom. The molecule has 0 bridgehead atoms. The lowest BCUT2D eigenvalue weighted by atomic mass is 10.3. The molecule has 0 fully saturated rings. The highest BCUT2D eigenvalue weighted by Gasteiger charge is 2.31. The van der Waals surface area contributed by atoms with Crippen molar-refractivity contribution < 1.29 is 37.0 Å². The molecule has 0 radical (unpaired) electrons. The Kier molecular flexibility index (Phi) is 5.81. The topological polar surface area (TPSA) is 111 Å². The summed E-state index contributed by atoms with van der Waals surface area (Å²) in [4.78, 5) is 18.1. The van der Waals surface area contributed by atoms with Crippen LogP contribution >= 0.6 is 0 Å². The number of ether oxygens (including phenoxy) is 4. The monoisotopic (exact) mass is 452 g/mol. The molecule has 3 aromatic rings. The van der Waals surface area contributed by atoms with E-state index in [1.54, 1.807) is 12.1 Å². The van der Waals surface area contributed by atoms with Gasteiger partial charge in [-0.3, -0.25) is 4.57 Å². The van der Waals surface area contributed by atoms with E-state index in [0.29, 0.717) is 12.3 Å². The maximum absolute atomic E-state index is 12.2. The lowest BCUT2D eigenvalue weighted by Gasteiger charge is -2.22. The average Bonchev–Trinajstić information content (AvgIpc) is 3.17. The van der Waals surface area contributed by atoms with Gasteiger partial charge in [0.1, 0.15) is 30.4 Å². The normalized spacial score (nSPS) is 15.5. The molecule has 0 unspecified atom stereocenters. The molecule has 32 heavy (non-hydrogen) atoms. The fraction of sp³-hybridized carbons (Fsp3) is 0.263. The second-order valence-electron chi connectivity index (χ2n) is 6.66. The van der Waals surface area contributed by atoms with E-state index in [2.05, 4.69) is 14.7 Å². The van der Waals surface area contributed by atoms with Crippen molar-refractivity contribution in [1.29, 1.82) is 0 Å². The minimum atomic E-state index is -4.76. The smallest absolute Gasteiger partial charge is 0.443 e. The number of hydrogen-bond donors (Lipinski definition) is 0. The minimum absolute atomic E-state index is 0.178. The zero-order valence-electron chi connectivity index (χ0n) is 16.2. The van der Waals surface area contributed by atoms with Gasteiger partial charge >= 0.3 is 18.2 Å². The molecular weight excluding hydrogens is 437 g/mol. The second-order valence-corrected chi connectivity index (χ2v) is 6.66. The van der Waals surface area contributed by atoms with Gasteiger partial charge in [-0.15, -0.1) is 13.2 Å². The van der Waals surface area contributed by atoms with Gasteiger partial charge in [-0.1, -0.05) is 0 Å². The van der Waals surface area contributed by atoms with Crippen LogP contribution in [0.25, 0.3) is 0 Å². The van der Waals surface area contributed by atoms with Crippen molar-refractivity contribution in [2.24, 2.45) is 0 Å². The number of rotatable bonds is 7. The van der Waals surface area contributed by atoms with Gasteiger partial charge in [0, 0.05) is 17.2 Å². The van der Waals surface area contributed by atoms with Crippen LogP contribution in [-0.2, 0) is 17.9 Å². The molecule has 13 heteroatoms. The Morgan fingerprint density at radius 1 is 1.19 bits per heavy atom. The molecule has 0 amide bonds. The number of nitro groups is 1. The lowest BCUT2D eigenvalue weighted by molar-refractivity contribution is -0.389. The third kappa shape index (κ3) is 5.43. The molecule has 4 rings (SSSR count). The Bertz CT molecular complexity index is 1090. The molecule has 1 atom stereocenters. The first kappa shape index (κ1) is 21.4. The number of nitrogens with zero attached hydrogens (tertiary/aromatic N) is 4. The number of alkyl halides is 3. The highest BCUT2D eigenvalue weighted by molar-refractivity contribution is 5.34. The van der Waals surface area contributed by atoms with Crippen LogP contribution in [0.15, 0.2) is 48.8 Å². The standard InChI is InChI=1S/C19H15F3N4O6/c20-19(21,22)32-14-4-2-13(3-5-14)31-17-6-1-12(7-23-17)10-29-15-8-25-9-16(26(27)28)24-18(25)30-11-15/h1-7,9,15H,8,10-11H2/t15-/m0/s1. The van der Waals surface area contributed by atoms with Crippen molar-refractivity contribution >= 4 is 5.82 Å². The summed E-state index contributed by atoms with van der Waals surface area (Å²) >= 11 is 0. The molecule has 1 aliphatic rings. The highest BCUT2D eigenvalue weighted by Crippen LogP contribution is 2.27. The maximum atomic E-state index is 12.2. The molecule has 0 aliphatic carbocycles. The molecule has 0 saturated carbocycles. The Morgan fingerprint density at radius 3 is 2.59 bits per heavy atom. The van der Waals surface area contributed by atoms with E-state index in [4.69, 9.17) is 14.2 Å². The summed E-state index contributed by atoms with van der Waals surface area (Å²) in [6.45, 7) is 0.784. The molecule has 168 valence electrons. The third-order valence-corrected chi connectivity index (χ3v) is 4.28. The average molecular weight is 452 g/mol. The van der Waals surface area contributed by atoms with Crippen LogP contribution in [0.1, 0.15) is 5.56 Å². The molecule has 2 aromatic heterocycles. The van der Waals surface area contributed by atoms with Crippen LogP contribution < -0.4 is 14.2 Å². The van der Waals surface area contributed by atoms with Crippen LogP contribution in [0, 0.1) is 10.1 Å². The molecular formula is C19H15F3N4O6. The fourth-order valence-electron chi connectivity index (χ4n) is 2.86. The van der Waals surface area contributed by atoms with Gasteiger partial charge in [-0.2, -0.15) is 0 Å². The molecule has 1 aliphatic heterocycles. The van der Waals surface area contributed by atoms with Crippen molar-refractivity contribution in [1.82, 2.24) is 14.5 Å². The fourth-order valence-corrected chi connectivity index (χ4v) is 2.86. The lowest BCUT2D eigenvalue weighted by Crippen LogP contribution is -2.32. The molecule has 0 spiro atoms. The number of fused-ring (bicyclic) bond motifs is 1. The largest absolute Gasteiger partial charge is 0.573 e. The van der Waals surface area contributed by atoms with E-state index in [1.807, 2.05) is 0 Å². The van der Waals surface area contributed by atoms with E-state index >= 15 is 0 Å². The van der Waals surface area contributed by atoms with Gasteiger partial charge in [-0.25, -0.2) is 4.98 Å². The quantitative estimate of drug-likeness (QED) is 0.393. The first-order valence-electron chi connectivity index (χ1n) is 9.20. The Balaban J connectivity index is 1.28. The van der Waals surface area contributed by atoms with Crippen molar-refractivity contribution in [3.05, 3.63) is 64.5 Å². The predicted molar refractivity (Wildman–Crippen MR) is 100 cm³/mol. The first-order chi connectivity index (χ1) is 15.2. The van der Waals surface area contributed by atoms with E-state index in [0.717, 1.165) is 17.7 Å². The number of hydrogen-bond acceptors (Lipinski definition) is 8. The SMILES string of the molecule is O=[N+]([O-])c1cn2c(n1)OC[C@@H](OCc1ccc(Oc3ccc(OC(F)(F)F)cc3)nc1)C2. The number of benzene rings is 1. The van der Waals surface area contributed by atoms with Gasteiger partial charge < -0.3 is 29.1 Å². The van der Waals surface area contributed by atoms with Crippen molar-refractivity contribution in [2.75, 3.05) is 6.61 Å². The van der Waals surface area contributed by atoms with Crippen molar-refractivity contribution in [3.63, 3.8) is 0 Å². The van der Waals surface area contributed by atoms with Crippen LogP contribution in [0.2, 0.25) is 0 Å². The van der Waals surface area contributed by atoms with Crippen molar-refractivity contribution in [3.8, 4) is 23.4 Å². The summed E-state index contributed by atoms with van der Waals surface area (Å²) in [5.74, 6) is -0.104. The molecule has 0 N–H and O–H groups in total. The third-order valence-electron chi connectivity index (χ3n) is 4.28. The van der Waals surface area contributed by atoms with E-state index in [1.165, 1.54) is 29.1 Å². The van der Waals surface area contributed by atoms with Crippen LogP contribution in [0.4, 0.5) is 19.0 Å². The minimum Gasteiger partial charge on any atom is -0.443 e. The Hall–Kier alpha value is -3.87. The number of pyridine rings is 1. The molecule has 10 nitrogen and oxygen atoms in total. The number of aromatic nitrogens is 3. The van der Waals surface area contributed by atoms with Gasteiger partial charge in [0.05, 0.1) is 13.2 Å². The zero-order chi connectivity index (χ0) is 22.7. The van der Waals surface area contributed by atoms with Gasteiger partial charge in [0.25, 0.3) is 0 Å². The summed E-state index contributed by atoms with van der Waals surface area (Å²) in [6, 6.07) is 8.43. The van der Waals surface area contributed by atoms with Crippen molar-refractivity contribution in [2.45, 2.75) is 25.6 Å². The molecule has 0 saturated heterocycles. The van der Waals surface area contributed by atoms with Gasteiger partial charge in [-0.05, 0) is 40.8 Å². The summed E-state index contributed by atoms with van der Waals surface area (Å²) in [6.07, 6.45) is -2.26. The summed E-state index contributed by atoms with van der Waals surface area (Å²) in [7, 11) is 0. The van der Waals surface area contributed by atoms with E-state index in [9.17, 15) is 23.3 Å². The van der Waals surface area contributed by atoms with Crippen LogP contribution in [0.3, 0.4) is 0 Å². The highest BCUT2D eigenvalue weighted by atomic mass is 19.4. The summed E-state index contributed by atoms with van der Waals surface area (Å²) in [5, 5.41) is 10.8. The van der Waals surface area contributed by atoms with E-state index in [-0.39, 0.29) is 42.8 Å². The van der Waals surface area contributed by atoms with Gasteiger partial charge in [0.15, 0.2) is 0 Å². The number of imidazole rings is 1. The van der Waals surface area contributed by atoms with Crippen LogP contribution in [0.5, 0.6) is 23.4 Å².